The van der Waals surface area contributed by atoms with Crippen molar-refractivity contribution in [2.45, 2.75) is 26.4 Å². The molecule has 2 aromatic rings. The highest BCUT2D eigenvalue weighted by Crippen LogP contribution is 2.30. The van der Waals surface area contributed by atoms with Gasteiger partial charge >= 0.3 is 7.12 Å². The second-order valence-corrected chi connectivity index (χ2v) is 5.38. The third-order valence-electron chi connectivity index (χ3n) is 3.52. The highest BCUT2D eigenvalue weighted by atomic mass is 16.7. The fourth-order valence-corrected chi connectivity index (χ4v) is 2.31. The minimum Gasteiger partial charge on any atom is -0.533 e. The molecule has 104 valence electrons. The number of rotatable bonds is 3. The van der Waals surface area contributed by atoms with Crippen LogP contribution < -0.4 is 10.3 Å². The van der Waals surface area contributed by atoms with E-state index in [1.54, 1.807) is 0 Å². The number of para-hydroxylation sites is 1. The fourth-order valence-electron chi connectivity index (χ4n) is 2.31. The standard InChI is InChI=1S/C15H18BNO3/c1-5-18-12-8-6-7-11-9-13(17-14(11)12)16-19-10(2)15(3,4)20-16/h6-9,17H,2,5H2,1,3-4H3. The van der Waals surface area contributed by atoms with Crippen LogP contribution in [0.5, 0.6) is 5.75 Å². The zero-order valence-electron chi connectivity index (χ0n) is 12.0. The molecule has 1 aromatic carbocycles. The summed E-state index contributed by atoms with van der Waals surface area (Å²) < 4.78 is 17.2. The molecule has 3 rings (SSSR count). The summed E-state index contributed by atoms with van der Waals surface area (Å²) in [6, 6.07) is 7.99. The van der Waals surface area contributed by atoms with E-state index < -0.39 is 12.7 Å². The number of H-pyrrole nitrogens is 1. The van der Waals surface area contributed by atoms with Crippen LogP contribution in [0.4, 0.5) is 0 Å². The Morgan fingerprint density at radius 3 is 2.85 bits per heavy atom. The Balaban J connectivity index is 1.98. The molecule has 1 saturated heterocycles. The van der Waals surface area contributed by atoms with E-state index in [1.165, 1.54) is 0 Å². The second kappa shape index (κ2) is 4.60. The fraction of sp³-hybridized carbons (Fsp3) is 0.333. The van der Waals surface area contributed by atoms with Gasteiger partial charge in [-0.15, -0.1) is 0 Å². The maximum atomic E-state index is 5.88. The number of hydrogen-bond acceptors (Lipinski definition) is 3. The van der Waals surface area contributed by atoms with Crippen LogP contribution in [0.2, 0.25) is 0 Å². The maximum Gasteiger partial charge on any atom is 0.580 e. The summed E-state index contributed by atoms with van der Waals surface area (Å²) in [5.41, 5.74) is 1.37. The Morgan fingerprint density at radius 1 is 1.40 bits per heavy atom. The summed E-state index contributed by atoms with van der Waals surface area (Å²) in [5, 5.41) is 1.08. The summed E-state index contributed by atoms with van der Waals surface area (Å²) in [6.07, 6.45) is 0. The van der Waals surface area contributed by atoms with Crippen LogP contribution in [0.15, 0.2) is 36.6 Å². The molecule has 20 heavy (non-hydrogen) atoms. The summed E-state index contributed by atoms with van der Waals surface area (Å²) in [6.45, 7) is 10.4. The molecule has 0 saturated carbocycles. The average molecular weight is 271 g/mol. The van der Waals surface area contributed by atoms with Crippen molar-refractivity contribution >= 4 is 23.6 Å². The van der Waals surface area contributed by atoms with Crippen LogP contribution in [-0.4, -0.2) is 24.3 Å². The first-order valence-electron chi connectivity index (χ1n) is 6.79. The van der Waals surface area contributed by atoms with Gasteiger partial charge in [-0.25, -0.2) is 0 Å². The first-order chi connectivity index (χ1) is 9.51. The van der Waals surface area contributed by atoms with Gasteiger partial charge in [0.05, 0.1) is 23.5 Å². The lowest BCUT2D eigenvalue weighted by Gasteiger charge is -2.15. The molecule has 0 radical (unpaired) electrons. The van der Waals surface area contributed by atoms with Crippen LogP contribution in [0.1, 0.15) is 20.8 Å². The minimum absolute atomic E-state index is 0.445. The largest absolute Gasteiger partial charge is 0.580 e. The summed E-state index contributed by atoms with van der Waals surface area (Å²) >= 11 is 0. The van der Waals surface area contributed by atoms with Gasteiger partial charge in [-0.1, -0.05) is 18.7 Å². The van der Waals surface area contributed by atoms with Crippen molar-refractivity contribution in [2.75, 3.05) is 6.61 Å². The molecule has 0 bridgehead atoms. The quantitative estimate of drug-likeness (QED) is 0.872. The maximum absolute atomic E-state index is 5.88. The van der Waals surface area contributed by atoms with Gasteiger partial charge in [-0.3, -0.25) is 0 Å². The molecule has 2 heterocycles. The van der Waals surface area contributed by atoms with E-state index in [0.29, 0.717) is 12.4 Å². The number of nitrogens with one attached hydrogen (secondary N) is 1. The third kappa shape index (κ3) is 2.08. The van der Waals surface area contributed by atoms with Gasteiger partial charge in [-0.2, -0.15) is 0 Å². The van der Waals surface area contributed by atoms with E-state index in [0.717, 1.165) is 22.2 Å². The van der Waals surface area contributed by atoms with Crippen LogP contribution in [-0.2, 0) is 9.31 Å². The van der Waals surface area contributed by atoms with Crippen molar-refractivity contribution in [1.29, 1.82) is 0 Å². The molecule has 5 heteroatoms. The number of aromatic amines is 1. The molecular formula is C15H18BNO3. The van der Waals surface area contributed by atoms with E-state index in [4.69, 9.17) is 14.0 Å². The molecule has 1 fully saturated rings. The molecule has 1 aromatic heterocycles. The molecule has 1 aliphatic rings. The third-order valence-corrected chi connectivity index (χ3v) is 3.52. The SMILES string of the molecule is C=C1OB(c2cc3cccc(OCC)c3[nH]2)OC1(C)C. The number of aromatic nitrogens is 1. The molecule has 0 aliphatic carbocycles. The monoisotopic (exact) mass is 271 g/mol. The summed E-state index contributed by atoms with van der Waals surface area (Å²) in [5.74, 6) is 1.48. The topological polar surface area (TPSA) is 43.5 Å². The first kappa shape index (κ1) is 13.1. The number of fused-ring (bicyclic) bond motifs is 1. The molecule has 0 spiro atoms. The lowest BCUT2D eigenvalue weighted by molar-refractivity contribution is 0.173. The Kier molecular flexibility index (Phi) is 3.02. The van der Waals surface area contributed by atoms with Crippen molar-refractivity contribution in [2.24, 2.45) is 0 Å². The average Bonchev–Trinajstić information content (AvgIpc) is 2.93. The zero-order chi connectivity index (χ0) is 14.3. The Morgan fingerprint density at radius 2 is 2.20 bits per heavy atom. The van der Waals surface area contributed by atoms with E-state index >= 15 is 0 Å². The Bertz CT molecular complexity index is 662. The van der Waals surface area contributed by atoms with E-state index in [2.05, 4.69) is 11.6 Å². The number of hydrogen-bond donors (Lipinski definition) is 1. The molecule has 0 atom stereocenters. The number of ether oxygens (including phenoxy) is 1. The Labute approximate surface area is 118 Å². The van der Waals surface area contributed by atoms with E-state index in [-0.39, 0.29) is 0 Å². The van der Waals surface area contributed by atoms with Crippen molar-refractivity contribution in [3.8, 4) is 5.75 Å². The summed E-state index contributed by atoms with van der Waals surface area (Å²) in [4.78, 5) is 3.33. The second-order valence-electron chi connectivity index (χ2n) is 5.38. The molecule has 1 N–H and O–H groups in total. The zero-order valence-corrected chi connectivity index (χ0v) is 12.0. The summed E-state index contributed by atoms with van der Waals surface area (Å²) in [7, 11) is -0.445. The van der Waals surface area contributed by atoms with Crippen LogP contribution in [0.3, 0.4) is 0 Å². The van der Waals surface area contributed by atoms with Gasteiger partial charge in [0.1, 0.15) is 11.4 Å². The molecule has 0 amide bonds. The first-order valence-corrected chi connectivity index (χ1v) is 6.79. The van der Waals surface area contributed by atoms with Crippen LogP contribution in [0.25, 0.3) is 10.9 Å². The highest BCUT2D eigenvalue weighted by molar-refractivity contribution is 6.62. The lowest BCUT2D eigenvalue weighted by atomic mass is 9.85. The molecule has 1 aliphatic heterocycles. The van der Waals surface area contributed by atoms with Gasteiger partial charge < -0.3 is 19.0 Å². The van der Waals surface area contributed by atoms with Crippen molar-refractivity contribution in [1.82, 2.24) is 4.98 Å². The van der Waals surface area contributed by atoms with Crippen molar-refractivity contribution in [3.05, 3.63) is 36.6 Å². The smallest absolute Gasteiger partial charge is 0.533 e. The normalized spacial score (nSPS) is 17.6. The predicted molar refractivity (Wildman–Crippen MR) is 80.2 cm³/mol. The molecular weight excluding hydrogens is 253 g/mol. The number of benzene rings is 1. The van der Waals surface area contributed by atoms with E-state index in [1.807, 2.05) is 45.0 Å². The van der Waals surface area contributed by atoms with Crippen LogP contribution in [0, 0.1) is 0 Å². The molecule has 4 nitrogen and oxygen atoms in total. The van der Waals surface area contributed by atoms with Gasteiger partial charge in [0.25, 0.3) is 0 Å². The van der Waals surface area contributed by atoms with Gasteiger partial charge in [0, 0.05) is 5.39 Å². The van der Waals surface area contributed by atoms with Crippen molar-refractivity contribution in [3.63, 3.8) is 0 Å². The molecule has 0 unspecified atom stereocenters. The van der Waals surface area contributed by atoms with Gasteiger partial charge in [0.2, 0.25) is 0 Å². The minimum atomic E-state index is -0.468. The van der Waals surface area contributed by atoms with Crippen molar-refractivity contribution < 1.29 is 14.0 Å². The predicted octanol–water partition coefficient (Wildman–Crippen LogP) is 2.60. The highest BCUT2D eigenvalue weighted by Gasteiger charge is 2.43. The lowest BCUT2D eigenvalue weighted by Crippen LogP contribution is -2.35. The van der Waals surface area contributed by atoms with Gasteiger partial charge in [-0.05, 0) is 32.9 Å². The Hall–Kier alpha value is -1.88. The van der Waals surface area contributed by atoms with Crippen LogP contribution >= 0.6 is 0 Å². The van der Waals surface area contributed by atoms with Gasteiger partial charge in [0.15, 0.2) is 0 Å². The van der Waals surface area contributed by atoms with E-state index in [9.17, 15) is 0 Å².